The van der Waals surface area contributed by atoms with Gasteiger partial charge in [-0.15, -0.1) is 0 Å². The third-order valence-corrected chi connectivity index (χ3v) is 4.91. The van der Waals surface area contributed by atoms with Gasteiger partial charge in [-0.1, -0.05) is 72.8 Å². The lowest BCUT2D eigenvalue weighted by Crippen LogP contribution is -1.96. The van der Waals surface area contributed by atoms with Crippen LogP contribution in [-0.4, -0.2) is 15.0 Å². The second kappa shape index (κ2) is 8.10. The molecule has 0 atom stereocenters. The van der Waals surface area contributed by atoms with Gasteiger partial charge >= 0.3 is 0 Å². The second-order valence-electron chi connectivity index (χ2n) is 6.94. The number of hydrogen-bond acceptors (Lipinski definition) is 3. The van der Waals surface area contributed by atoms with Gasteiger partial charge in [-0.25, -0.2) is 9.97 Å². The van der Waals surface area contributed by atoms with Gasteiger partial charge in [0, 0.05) is 34.6 Å². The molecule has 0 amide bonds. The first-order valence-corrected chi connectivity index (χ1v) is 9.79. The molecule has 0 N–H and O–H groups in total. The molecule has 2 heterocycles. The number of hydrogen-bond donors (Lipinski definition) is 0. The van der Waals surface area contributed by atoms with E-state index < -0.39 is 0 Å². The molecule has 141 valence electrons. The van der Waals surface area contributed by atoms with Gasteiger partial charge < -0.3 is 0 Å². The summed E-state index contributed by atoms with van der Waals surface area (Å²) in [5.74, 6) is 0.695. The Labute approximate surface area is 175 Å². The fourth-order valence-electron chi connectivity index (χ4n) is 3.41. The minimum atomic E-state index is 0.695. The van der Waals surface area contributed by atoms with Gasteiger partial charge in [-0.3, -0.25) is 4.98 Å². The fourth-order valence-corrected chi connectivity index (χ4v) is 3.41. The molecule has 0 saturated carbocycles. The van der Waals surface area contributed by atoms with E-state index in [1.165, 1.54) is 0 Å². The smallest absolute Gasteiger partial charge is 0.160 e. The molecule has 0 saturated heterocycles. The van der Waals surface area contributed by atoms with E-state index in [1.807, 2.05) is 72.9 Å². The summed E-state index contributed by atoms with van der Waals surface area (Å²) >= 11 is 0. The molecule has 5 aromatic rings. The first-order chi connectivity index (χ1) is 14.9. The van der Waals surface area contributed by atoms with Gasteiger partial charge in [-0.05, 0) is 35.9 Å². The Balaban J connectivity index is 1.67. The molecule has 0 bridgehead atoms. The second-order valence-corrected chi connectivity index (χ2v) is 6.94. The van der Waals surface area contributed by atoms with Crippen molar-refractivity contribution in [1.29, 1.82) is 0 Å². The first kappa shape index (κ1) is 18.0. The Bertz CT molecular complexity index is 1210. The number of nitrogens with zero attached hydrogens (tertiary/aromatic N) is 3. The van der Waals surface area contributed by atoms with Crippen LogP contribution in [0.4, 0.5) is 0 Å². The molecule has 0 spiro atoms. The molecule has 3 nitrogen and oxygen atoms in total. The Morgan fingerprint density at radius 3 is 2.07 bits per heavy atom. The van der Waals surface area contributed by atoms with E-state index >= 15 is 0 Å². The quantitative estimate of drug-likeness (QED) is 0.363. The van der Waals surface area contributed by atoms with Crippen LogP contribution in [0.25, 0.3) is 45.0 Å². The average Bonchev–Trinajstić information content (AvgIpc) is 2.85. The molecule has 2 aromatic heterocycles. The van der Waals surface area contributed by atoms with E-state index in [0.29, 0.717) is 5.82 Å². The summed E-state index contributed by atoms with van der Waals surface area (Å²) in [4.78, 5) is 14.0. The van der Waals surface area contributed by atoms with Crippen molar-refractivity contribution in [2.75, 3.05) is 0 Å². The Morgan fingerprint density at radius 2 is 1.30 bits per heavy atom. The highest BCUT2D eigenvalue weighted by Gasteiger charge is 2.11. The summed E-state index contributed by atoms with van der Waals surface area (Å²) in [7, 11) is 0. The Hall–Kier alpha value is -4.11. The third kappa shape index (κ3) is 3.74. The molecular formula is C27H18N3. The lowest BCUT2D eigenvalue weighted by molar-refractivity contribution is 1.18. The van der Waals surface area contributed by atoms with Gasteiger partial charge in [0.05, 0.1) is 11.4 Å². The molecule has 0 unspecified atom stereocenters. The lowest BCUT2D eigenvalue weighted by atomic mass is 10.0. The standard InChI is InChI=1S/C27H18N3/c1-3-9-20(10-4-1)25-18-26(21-11-5-2-6-12-21)30-27(29-25)23-14-7-13-22(17-23)24-15-8-16-28-19-24/h1-5,7-19H. The van der Waals surface area contributed by atoms with Crippen molar-refractivity contribution in [2.45, 2.75) is 0 Å². The van der Waals surface area contributed by atoms with Crippen molar-refractivity contribution in [1.82, 2.24) is 15.0 Å². The van der Waals surface area contributed by atoms with Gasteiger partial charge in [0.15, 0.2) is 5.82 Å². The van der Waals surface area contributed by atoms with Crippen LogP contribution >= 0.6 is 0 Å². The SMILES string of the molecule is [c]1cccc(-c2cc(-c3ccccc3)nc(-c3cccc(-c4cccnc4)c3)n2)c1. The molecule has 0 fully saturated rings. The van der Waals surface area contributed by atoms with Crippen LogP contribution in [0.5, 0.6) is 0 Å². The summed E-state index contributed by atoms with van der Waals surface area (Å²) in [5, 5.41) is 0. The van der Waals surface area contributed by atoms with Crippen LogP contribution in [0, 0.1) is 6.07 Å². The van der Waals surface area contributed by atoms with E-state index in [9.17, 15) is 0 Å². The summed E-state index contributed by atoms with van der Waals surface area (Å²) in [5.41, 5.74) is 6.97. The fraction of sp³-hybridized carbons (Fsp3) is 0. The predicted octanol–water partition coefficient (Wildman–Crippen LogP) is 6.34. The number of rotatable bonds is 4. The summed E-state index contributed by atoms with van der Waals surface area (Å²) < 4.78 is 0. The van der Waals surface area contributed by atoms with Gasteiger partial charge in [0.25, 0.3) is 0 Å². The zero-order valence-electron chi connectivity index (χ0n) is 16.2. The lowest BCUT2D eigenvalue weighted by Gasteiger charge is -2.10. The summed E-state index contributed by atoms with van der Waals surface area (Å²) in [6, 6.07) is 35.5. The maximum Gasteiger partial charge on any atom is 0.160 e. The highest BCUT2D eigenvalue weighted by atomic mass is 14.9. The number of pyridine rings is 1. The van der Waals surface area contributed by atoms with Crippen LogP contribution in [0.3, 0.4) is 0 Å². The van der Waals surface area contributed by atoms with Crippen LogP contribution in [0.15, 0.2) is 109 Å². The number of aromatic nitrogens is 3. The molecule has 1 radical (unpaired) electrons. The van der Waals surface area contributed by atoms with Gasteiger partial charge in [0.1, 0.15) is 0 Å². The van der Waals surface area contributed by atoms with Crippen molar-refractivity contribution in [3.63, 3.8) is 0 Å². The molecule has 3 aromatic carbocycles. The normalized spacial score (nSPS) is 10.7. The zero-order valence-corrected chi connectivity index (χ0v) is 16.2. The largest absolute Gasteiger partial charge is 0.264 e. The number of benzene rings is 3. The van der Waals surface area contributed by atoms with Crippen molar-refractivity contribution >= 4 is 0 Å². The van der Waals surface area contributed by atoms with E-state index in [1.54, 1.807) is 6.20 Å². The summed E-state index contributed by atoms with van der Waals surface area (Å²) in [6.45, 7) is 0. The molecule has 5 rings (SSSR count). The maximum atomic E-state index is 4.90. The van der Waals surface area contributed by atoms with Crippen LogP contribution in [-0.2, 0) is 0 Å². The predicted molar refractivity (Wildman–Crippen MR) is 120 cm³/mol. The van der Waals surface area contributed by atoms with Crippen molar-refractivity contribution in [3.05, 3.63) is 116 Å². The monoisotopic (exact) mass is 384 g/mol. The molecule has 30 heavy (non-hydrogen) atoms. The molecule has 0 aliphatic carbocycles. The van der Waals surface area contributed by atoms with E-state index in [4.69, 9.17) is 9.97 Å². The maximum absolute atomic E-state index is 4.90. The highest BCUT2D eigenvalue weighted by Crippen LogP contribution is 2.29. The Morgan fingerprint density at radius 1 is 0.567 bits per heavy atom. The highest BCUT2D eigenvalue weighted by molar-refractivity contribution is 5.74. The van der Waals surface area contributed by atoms with Crippen LogP contribution < -0.4 is 0 Å². The topological polar surface area (TPSA) is 38.7 Å². The molecule has 0 aliphatic heterocycles. The van der Waals surface area contributed by atoms with Crippen molar-refractivity contribution in [3.8, 4) is 45.0 Å². The Kier molecular flexibility index (Phi) is 4.84. The molecular weight excluding hydrogens is 366 g/mol. The van der Waals surface area contributed by atoms with Crippen LogP contribution in [0.1, 0.15) is 0 Å². The summed E-state index contributed by atoms with van der Waals surface area (Å²) in [6.07, 6.45) is 3.65. The van der Waals surface area contributed by atoms with Crippen molar-refractivity contribution in [2.24, 2.45) is 0 Å². The minimum absolute atomic E-state index is 0.695. The minimum Gasteiger partial charge on any atom is -0.264 e. The van der Waals surface area contributed by atoms with E-state index in [-0.39, 0.29) is 0 Å². The van der Waals surface area contributed by atoms with Gasteiger partial charge in [0.2, 0.25) is 0 Å². The van der Waals surface area contributed by atoms with Crippen molar-refractivity contribution < 1.29 is 0 Å². The van der Waals surface area contributed by atoms with Gasteiger partial charge in [-0.2, -0.15) is 0 Å². The third-order valence-electron chi connectivity index (χ3n) is 4.91. The first-order valence-electron chi connectivity index (χ1n) is 9.79. The zero-order chi connectivity index (χ0) is 20.2. The average molecular weight is 384 g/mol. The molecule has 3 heteroatoms. The van der Waals surface area contributed by atoms with Crippen LogP contribution in [0.2, 0.25) is 0 Å². The van der Waals surface area contributed by atoms with E-state index in [2.05, 4.69) is 41.4 Å². The molecule has 0 aliphatic rings. The van der Waals surface area contributed by atoms with E-state index in [0.717, 1.165) is 39.2 Å².